The molecule has 0 rings (SSSR count). The quantitative estimate of drug-likeness (QED) is 0.0261. The van der Waals surface area contributed by atoms with Crippen molar-refractivity contribution in [3.8, 4) is 0 Å². The molecule has 1 atom stereocenters. The Morgan fingerprint density at radius 2 is 0.476 bits per heavy atom. The highest BCUT2D eigenvalue weighted by molar-refractivity contribution is 5.71. The van der Waals surface area contributed by atoms with Gasteiger partial charge >= 0.3 is 17.9 Å². The van der Waals surface area contributed by atoms with Crippen molar-refractivity contribution in [2.75, 3.05) is 13.2 Å². The summed E-state index contributed by atoms with van der Waals surface area (Å²) >= 11 is 0. The number of ether oxygens (including phenoxy) is 3. The van der Waals surface area contributed by atoms with Crippen molar-refractivity contribution in [1.82, 2.24) is 0 Å². The molecule has 0 aliphatic rings. The second kappa shape index (κ2) is 68.5. The molecule has 0 aromatic rings. The molecule has 0 fully saturated rings. The highest BCUT2D eigenvalue weighted by Gasteiger charge is 2.19. The number of hydrogen-bond donors (Lipinski definition) is 0. The molecular weight excluding hydrogens is 1010 g/mol. The van der Waals surface area contributed by atoms with E-state index in [1.54, 1.807) is 0 Å². The number of unbranched alkanes of at least 4 members (excludes halogenated alkanes) is 22. The zero-order chi connectivity index (χ0) is 59.2. The van der Waals surface area contributed by atoms with Crippen molar-refractivity contribution in [3.63, 3.8) is 0 Å². The van der Waals surface area contributed by atoms with Gasteiger partial charge in [0.2, 0.25) is 0 Å². The number of carbonyl (C=O) groups excluding carboxylic acids is 3. The van der Waals surface area contributed by atoms with E-state index in [1.807, 2.05) is 0 Å². The van der Waals surface area contributed by atoms with Gasteiger partial charge in [-0.15, -0.1) is 0 Å². The third-order valence-electron chi connectivity index (χ3n) is 13.7. The summed E-state index contributed by atoms with van der Waals surface area (Å²) in [4.78, 5) is 38.4. The first-order valence-corrected chi connectivity index (χ1v) is 33.5. The summed E-state index contributed by atoms with van der Waals surface area (Å²) in [5, 5.41) is 0. The highest BCUT2D eigenvalue weighted by atomic mass is 16.6. The molecule has 6 heteroatoms. The van der Waals surface area contributed by atoms with E-state index >= 15 is 0 Å². The van der Waals surface area contributed by atoms with E-state index < -0.39 is 6.10 Å². The van der Waals surface area contributed by atoms with Crippen LogP contribution in [0.2, 0.25) is 0 Å². The number of rotatable bonds is 59. The van der Waals surface area contributed by atoms with Gasteiger partial charge in [-0.2, -0.15) is 0 Å². The van der Waals surface area contributed by atoms with E-state index in [0.717, 1.165) is 167 Å². The fourth-order valence-corrected chi connectivity index (χ4v) is 8.78. The van der Waals surface area contributed by atoms with E-state index in [9.17, 15) is 14.4 Å². The van der Waals surface area contributed by atoms with E-state index in [1.165, 1.54) is 77.0 Å². The Kier molecular flexibility index (Phi) is 64.4. The summed E-state index contributed by atoms with van der Waals surface area (Å²) in [7, 11) is 0. The third kappa shape index (κ3) is 65.8. The minimum Gasteiger partial charge on any atom is -0.462 e. The molecular formula is C76H122O6. The monoisotopic (exact) mass is 1130 g/mol. The van der Waals surface area contributed by atoms with Gasteiger partial charge in [0.15, 0.2) is 6.10 Å². The third-order valence-corrected chi connectivity index (χ3v) is 13.7. The predicted molar refractivity (Wildman–Crippen MR) is 357 cm³/mol. The lowest BCUT2D eigenvalue weighted by molar-refractivity contribution is -0.167. The summed E-state index contributed by atoms with van der Waals surface area (Å²) < 4.78 is 16.9. The first-order valence-electron chi connectivity index (χ1n) is 33.5. The topological polar surface area (TPSA) is 78.9 Å². The largest absolute Gasteiger partial charge is 0.462 e. The normalized spacial score (nSPS) is 13.2. The molecule has 0 spiro atoms. The van der Waals surface area contributed by atoms with Crippen LogP contribution in [0.1, 0.15) is 284 Å². The Labute approximate surface area is 505 Å². The molecule has 1 unspecified atom stereocenters. The maximum absolute atomic E-state index is 12.9. The second-order valence-corrected chi connectivity index (χ2v) is 21.6. The van der Waals surface area contributed by atoms with Crippen LogP contribution in [0.15, 0.2) is 158 Å². The average Bonchev–Trinajstić information content (AvgIpc) is 3.47. The van der Waals surface area contributed by atoms with Crippen molar-refractivity contribution in [2.24, 2.45) is 0 Å². The van der Waals surface area contributed by atoms with E-state index in [2.05, 4.69) is 179 Å². The fraction of sp³-hybridized carbons (Fsp3) is 0.618. The van der Waals surface area contributed by atoms with Crippen LogP contribution < -0.4 is 0 Å². The van der Waals surface area contributed by atoms with Gasteiger partial charge in [0.25, 0.3) is 0 Å². The molecule has 0 saturated carbocycles. The molecule has 6 nitrogen and oxygen atoms in total. The molecule has 0 aromatic carbocycles. The molecule has 0 amide bonds. The van der Waals surface area contributed by atoms with Crippen molar-refractivity contribution in [2.45, 2.75) is 290 Å². The minimum absolute atomic E-state index is 0.0977. The van der Waals surface area contributed by atoms with Gasteiger partial charge in [0.05, 0.1) is 0 Å². The van der Waals surface area contributed by atoms with Crippen molar-refractivity contribution in [3.05, 3.63) is 158 Å². The zero-order valence-corrected chi connectivity index (χ0v) is 52.9. The van der Waals surface area contributed by atoms with Crippen LogP contribution in [0.4, 0.5) is 0 Å². The molecule has 0 aliphatic heterocycles. The Balaban J connectivity index is 4.40. The van der Waals surface area contributed by atoms with E-state index in [4.69, 9.17) is 14.2 Å². The van der Waals surface area contributed by atoms with E-state index in [-0.39, 0.29) is 31.1 Å². The van der Waals surface area contributed by atoms with Gasteiger partial charge < -0.3 is 14.2 Å². The Hall–Kier alpha value is -4.97. The molecule has 0 heterocycles. The van der Waals surface area contributed by atoms with Crippen LogP contribution in [0.25, 0.3) is 0 Å². The maximum atomic E-state index is 12.9. The van der Waals surface area contributed by atoms with Crippen LogP contribution >= 0.6 is 0 Å². The van der Waals surface area contributed by atoms with Crippen molar-refractivity contribution < 1.29 is 28.6 Å². The molecule has 462 valence electrons. The number of hydrogen-bond acceptors (Lipinski definition) is 6. The molecule has 0 N–H and O–H groups in total. The molecule has 82 heavy (non-hydrogen) atoms. The average molecular weight is 1130 g/mol. The molecule has 0 saturated heterocycles. The van der Waals surface area contributed by atoms with Crippen LogP contribution in [0.5, 0.6) is 0 Å². The maximum Gasteiger partial charge on any atom is 0.306 e. The summed E-state index contributed by atoms with van der Waals surface area (Å²) in [6, 6.07) is 0. The summed E-state index contributed by atoms with van der Waals surface area (Å²) in [6.45, 7) is 6.35. The van der Waals surface area contributed by atoms with Crippen molar-refractivity contribution >= 4 is 17.9 Å². The molecule has 0 radical (unpaired) electrons. The second-order valence-electron chi connectivity index (χ2n) is 21.6. The summed E-state index contributed by atoms with van der Waals surface area (Å²) in [6.07, 6.45) is 99.6. The first kappa shape index (κ1) is 77.0. The predicted octanol–water partition coefficient (Wildman–Crippen LogP) is 23.3. The lowest BCUT2D eigenvalue weighted by atomic mass is 10.1. The number of carbonyl (C=O) groups is 3. The zero-order valence-electron chi connectivity index (χ0n) is 52.9. The number of allylic oxidation sites excluding steroid dienone is 26. The Morgan fingerprint density at radius 1 is 0.256 bits per heavy atom. The highest BCUT2D eigenvalue weighted by Crippen LogP contribution is 2.15. The first-order chi connectivity index (χ1) is 40.5. The summed E-state index contributed by atoms with van der Waals surface area (Å²) in [5.41, 5.74) is 0. The fourth-order valence-electron chi connectivity index (χ4n) is 8.78. The SMILES string of the molecule is CC/C=C\C/C=C\C/C=C\C/C=C\C/C=C\C/C=C\C/C=C\CCCCCCCCCC(=O)OCC(COC(=O)CCCCCCC/C=C\C/C=C\CCCC)OC(=O)CCCCCCCCCC/C=C\C/C=C\C/C=C\C/C=C\CC. The van der Waals surface area contributed by atoms with Gasteiger partial charge in [-0.25, -0.2) is 0 Å². The molecule has 0 bridgehead atoms. The Bertz CT molecular complexity index is 1830. The smallest absolute Gasteiger partial charge is 0.306 e. The van der Waals surface area contributed by atoms with Crippen molar-refractivity contribution in [1.29, 1.82) is 0 Å². The van der Waals surface area contributed by atoms with Gasteiger partial charge in [-0.3, -0.25) is 14.4 Å². The minimum atomic E-state index is -0.802. The molecule has 0 aliphatic carbocycles. The Morgan fingerprint density at radius 3 is 0.744 bits per heavy atom. The van der Waals surface area contributed by atoms with Gasteiger partial charge in [0, 0.05) is 19.3 Å². The van der Waals surface area contributed by atoms with Gasteiger partial charge in [-0.05, 0) is 141 Å². The lowest BCUT2D eigenvalue weighted by Crippen LogP contribution is -2.30. The van der Waals surface area contributed by atoms with E-state index in [0.29, 0.717) is 19.3 Å². The van der Waals surface area contributed by atoms with Crippen LogP contribution in [-0.4, -0.2) is 37.2 Å². The standard InChI is InChI=1S/C76H122O6/c1-4-7-10-13-16-19-22-25-28-30-32-34-35-36-37-38-39-40-41-43-44-46-48-51-54-57-60-63-66-69-75(78)81-72-73(71-80-74(77)68-65-62-59-56-53-50-27-24-21-18-15-12-9-6-3)82-76(79)70-67-64-61-58-55-52-49-47-45-42-33-31-29-26-23-20-17-14-11-8-5-2/h7-8,10-11,15-20,24-29,32-34,36-37,39-40,42-44,73H,4-6,9,12-14,21-23,30-31,35,38,41,45-72H2,1-3H3/b10-7-,11-8-,18-15-,19-16-,20-17-,27-24-,28-25-,29-26-,34-32-,37-36-,40-39-,42-33-,44-43-. The number of esters is 3. The lowest BCUT2D eigenvalue weighted by Gasteiger charge is -2.18. The van der Waals surface area contributed by atoms with Crippen LogP contribution in [0.3, 0.4) is 0 Å². The summed E-state index contributed by atoms with van der Waals surface area (Å²) in [5.74, 6) is -0.929. The molecule has 0 aromatic heterocycles. The van der Waals surface area contributed by atoms with Crippen LogP contribution in [0, 0.1) is 0 Å². The van der Waals surface area contributed by atoms with Crippen LogP contribution in [-0.2, 0) is 28.6 Å². The van der Waals surface area contributed by atoms with Gasteiger partial charge in [-0.1, -0.05) is 281 Å². The van der Waals surface area contributed by atoms with Gasteiger partial charge in [0.1, 0.15) is 13.2 Å².